The van der Waals surface area contributed by atoms with E-state index in [2.05, 4.69) is 17.2 Å². The maximum atomic E-state index is 11.1. The normalized spacial score (nSPS) is 12.6. The third kappa shape index (κ3) is 3.98. The van der Waals surface area contributed by atoms with Gasteiger partial charge in [-0.15, -0.1) is 0 Å². The van der Waals surface area contributed by atoms with E-state index in [1.165, 1.54) is 7.11 Å². The highest BCUT2D eigenvalue weighted by molar-refractivity contribution is 5.77. The summed E-state index contributed by atoms with van der Waals surface area (Å²) in [6, 6.07) is 0. The van der Waals surface area contributed by atoms with Crippen LogP contribution in [0.15, 0.2) is 0 Å². The third-order valence-electron chi connectivity index (χ3n) is 1.70. The number of amides is 1. The van der Waals surface area contributed by atoms with Gasteiger partial charge in [-0.2, -0.15) is 0 Å². The molecule has 0 aromatic carbocycles. The summed E-state index contributed by atoms with van der Waals surface area (Å²) in [5.74, 6) is 0.108. The lowest BCUT2D eigenvalue weighted by Gasteiger charge is -2.11. The van der Waals surface area contributed by atoms with Crippen LogP contribution >= 0.6 is 0 Å². The van der Waals surface area contributed by atoms with Crippen molar-refractivity contribution in [2.24, 2.45) is 5.92 Å². The van der Waals surface area contributed by atoms with Crippen LogP contribution in [0.3, 0.4) is 0 Å². The van der Waals surface area contributed by atoms with Crippen LogP contribution in [0.1, 0.15) is 33.1 Å². The zero-order valence-electron chi connectivity index (χ0n) is 7.52. The van der Waals surface area contributed by atoms with E-state index >= 15 is 0 Å². The van der Waals surface area contributed by atoms with Gasteiger partial charge in [0.2, 0.25) is 5.91 Å². The molecule has 66 valence electrons. The van der Waals surface area contributed by atoms with Gasteiger partial charge in [-0.05, 0) is 12.8 Å². The Kier molecular flexibility index (Phi) is 5.84. The van der Waals surface area contributed by atoms with Gasteiger partial charge >= 0.3 is 0 Å². The lowest BCUT2D eigenvalue weighted by atomic mass is 10.0. The van der Waals surface area contributed by atoms with Crippen molar-refractivity contribution in [1.82, 2.24) is 5.48 Å². The maximum Gasteiger partial charge on any atom is 0.246 e. The molecule has 0 saturated carbocycles. The second-order valence-corrected chi connectivity index (χ2v) is 2.56. The Hall–Kier alpha value is -0.570. The molecule has 11 heavy (non-hydrogen) atoms. The molecule has 1 atom stereocenters. The molecule has 0 fully saturated rings. The molecule has 1 amide bonds. The fourth-order valence-electron chi connectivity index (χ4n) is 1.05. The van der Waals surface area contributed by atoms with Crippen LogP contribution < -0.4 is 5.48 Å². The number of hydrogen-bond acceptors (Lipinski definition) is 2. The minimum absolute atomic E-state index is 0.00292. The Bertz CT molecular complexity index is 115. The van der Waals surface area contributed by atoms with E-state index in [0.717, 1.165) is 19.3 Å². The topological polar surface area (TPSA) is 38.3 Å². The SMILES string of the molecule is CCCC(CC)C(=O)NOC. The molecule has 0 aliphatic rings. The summed E-state index contributed by atoms with van der Waals surface area (Å²) in [6.07, 6.45) is 2.85. The van der Waals surface area contributed by atoms with Crippen LogP contribution in [0.25, 0.3) is 0 Å². The summed E-state index contributed by atoms with van der Waals surface area (Å²) < 4.78 is 0. The van der Waals surface area contributed by atoms with E-state index in [4.69, 9.17) is 0 Å². The zero-order valence-corrected chi connectivity index (χ0v) is 7.52. The molecule has 0 aromatic heterocycles. The van der Waals surface area contributed by atoms with Gasteiger partial charge in [0.15, 0.2) is 0 Å². The third-order valence-corrected chi connectivity index (χ3v) is 1.70. The van der Waals surface area contributed by atoms with Gasteiger partial charge < -0.3 is 0 Å². The van der Waals surface area contributed by atoms with Crippen molar-refractivity contribution in [3.8, 4) is 0 Å². The highest BCUT2D eigenvalue weighted by Crippen LogP contribution is 2.09. The number of hydrogen-bond donors (Lipinski definition) is 1. The molecule has 0 radical (unpaired) electrons. The van der Waals surface area contributed by atoms with Gasteiger partial charge in [-0.3, -0.25) is 9.63 Å². The minimum atomic E-state index is -0.00292. The van der Waals surface area contributed by atoms with Crippen molar-refractivity contribution < 1.29 is 9.63 Å². The molecule has 0 aromatic rings. The van der Waals surface area contributed by atoms with Gasteiger partial charge in [0.25, 0.3) is 0 Å². The molecule has 1 N–H and O–H groups in total. The Balaban J connectivity index is 3.71. The first-order valence-corrected chi connectivity index (χ1v) is 4.09. The van der Waals surface area contributed by atoms with Crippen LogP contribution in [0, 0.1) is 5.92 Å². The second-order valence-electron chi connectivity index (χ2n) is 2.56. The standard InChI is InChI=1S/C8H17NO2/c1-4-6-7(5-2)8(10)9-11-3/h7H,4-6H2,1-3H3,(H,9,10). The van der Waals surface area contributed by atoms with E-state index in [0.29, 0.717) is 0 Å². The summed E-state index contributed by atoms with van der Waals surface area (Å²) in [6.45, 7) is 4.08. The van der Waals surface area contributed by atoms with Crippen LogP contribution in [-0.4, -0.2) is 13.0 Å². The Morgan fingerprint density at radius 1 is 1.55 bits per heavy atom. The smallest absolute Gasteiger partial charge is 0.246 e. The number of rotatable bonds is 5. The number of carbonyl (C=O) groups excluding carboxylic acids is 1. The van der Waals surface area contributed by atoms with E-state index in [1.807, 2.05) is 6.92 Å². The summed E-state index contributed by atoms with van der Waals surface area (Å²) in [5.41, 5.74) is 2.34. The molecule has 1 unspecified atom stereocenters. The predicted molar refractivity (Wildman–Crippen MR) is 43.8 cm³/mol. The van der Waals surface area contributed by atoms with Crippen molar-refractivity contribution in [3.05, 3.63) is 0 Å². The molecular weight excluding hydrogens is 142 g/mol. The zero-order chi connectivity index (χ0) is 8.69. The van der Waals surface area contributed by atoms with Gasteiger partial charge in [-0.25, -0.2) is 5.48 Å². The lowest BCUT2D eigenvalue weighted by Crippen LogP contribution is -2.29. The van der Waals surface area contributed by atoms with Crippen LogP contribution in [0.5, 0.6) is 0 Å². The first-order valence-electron chi connectivity index (χ1n) is 4.09. The molecule has 0 aliphatic carbocycles. The predicted octanol–water partition coefficient (Wildman–Crippen LogP) is 1.49. The van der Waals surface area contributed by atoms with Gasteiger partial charge in [0.1, 0.15) is 0 Å². The van der Waals surface area contributed by atoms with Crippen molar-refractivity contribution in [2.75, 3.05) is 7.11 Å². The maximum absolute atomic E-state index is 11.1. The van der Waals surface area contributed by atoms with Crippen LogP contribution in [0.2, 0.25) is 0 Å². The van der Waals surface area contributed by atoms with Gasteiger partial charge in [0.05, 0.1) is 7.11 Å². The van der Waals surface area contributed by atoms with Crippen LogP contribution in [0.4, 0.5) is 0 Å². The average molecular weight is 159 g/mol. The molecule has 3 heteroatoms. The molecular formula is C8H17NO2. The number of hydroxylamine groups is 1. The molecule has 0 aliphatic heterocycles. The monoisotopic (exact) mass is 159 g/mol. The summed E-state index contributed by atoms with van der Waals surface area (Å²) in [7, 11) is 1.45. The van der Waals surface area contributed by atoms with E-state index < -0.39 is 0 Å². The van der Waals surface area contributed by atoms with E-state index in [-0.39, 0.29) is 11.8 Å². The molecule has 0 rings (SSSR count). The van der Waals surface area contributed by atoms with Crippen molar-refractivity contribution in [3.63, 3.8) is 0 Å². The summed E-state index contributed by atoms with van der Waals surface area (Å²) in [5, 5.41) is 0. The molecule has 0 spiro atoms. The molecule has 0 heterocycles. The average Bonchev–Trinajstić information content (AvgIpc) is 2.00. The molecule has 0 saturated heterocycles. The largest absolute Gasteiger partial charge is 0.277 e. The van der Waals surface area contributed by atoms with E-state index in [1.54, 1.807) is 0 Å². The lowest BCUT2D eigenvalue weighted by molar-refractivity contribution is -0.135. The quantitative estimate of drug-likeness (QED) is 0.617. The first-order chi connectivity index (χ1) is 5.26. The highest BCUT2D eigenvalue weighted by atomic mass is 16.6. The van der Waals surface area contributed by atoms with Crippen molar-refractivity contribution in [2.45, 2.75) is 33.1 Å². The number of carbonyl (C=O) groups is 1. The van der Waals surface area contributed by atoms with Crippen molar-refractivity contribution in [1.29, 1.82) is 0 Å². The summed E-state index contributed by atoms with van der Waals surface area (Å²) in [4.78, 5) is 15.7. The van der Waals surface area contributed by atoms with E-state index in [9.17, 15) is 4.79 Å². The Morgan fingerprint density at radius 2 is 2.18 bits per heavy atom. The molecule has 3 nitrogen and oxygen atoms in total. The Morgan fingerprint density at radius 3 is 2.55 bits per heavy atom. The van der Waals surface area contributed by atoms with Crippen LogP contribution in [-0.2, 0) is 9.63 Å². The fourth-order valence-corrected chi connectivity index (χ4v) is 1.05. The fraction of sp³-hybridized carbons (Fsp3) is 0.875. The summed E-state index contributed by atoms with van der Waals surface area (Å²) >= 11 is 0. The first kappa shape index (κ1) is 10.4. The highest BCUT2D eigenvalue weighted by Gasteiger charge is 2.14. The second kappa shape index (κ2) is 6.16. The van der Waals surface area contributed by atoms with Crippen molar-refractivity contribution >= 4 is 5.91 Å². The number of nitrogens with one attached hydrogen (secondary N) is 1. The van der Waals surface area contributed by atoms with Gasteiger partial charge in [0, 0.05) is 5.92 Å². The minimum Gasteiger partial charge on any atom is -0.277 e. The Labute approximate surface area is 68.1 Å². The molecule has 0 bridgehead atoms. The van der Waals surface area contributed by atoms with Gasteiger partial charge in [-0.1, -0.05) is 20.3 Å².